The number of aryl methyl sites for hydroxylation is 1. The largest absolute Gasteiger partial charge is 0.493 e. The van der Waals surface area contributed by atoms with Crippen molar-refractivity contribution < 1.29 is 19.0 Å². The van der Waals surface area contributed by atoms with Crippen LogP contribution in [0.2, 0.25) is 0 Å². The van der Waals surface area contributed by atoms with Crippen LogP contribution in [0.15, 0.2) is 18.2 Å². The van der Waals surface area contributed by atoms with Crippen LogP contribution in [-0.2, 0) is 13.5 Å². The number of carboxylic acid groups (broad SMARTS) is 1. The number of aromatic nitrogens is 2. The van der Waals surface area contributed by atoms with E-state index >= 15 is 0 Å². The van der Waals surface area contributed by atoms with Crippen molar-refractivity contribution in [3.63, 3.8) is 0 Å². The van der Waals surface area contributed by atoms with Gasteiger partial charge in [0, 0.05) is 24.6 Å². The Bertz CT molecular complexity index is 679. The third kappa shape index (κ3) is 1.76. The maximum absolute atomic E-state index is 13.4. The van der Waals surface area contributed by atoms with Gasteiger partial charge in [-0.3, -0.25) is 4.68 Å². The standard InChI is InChI=1S/C13H11FN2O3/c1-16-12(13(17)18)8-4-5-19-10-3-2-7(14)6-9(10)11(8)15-16/h2-3,6H,4-5H2,1H3,(H,17,18). The summed E-state index contributed by atoms with van der Waals surface area (Å²) in [5, 5.41) is 13.4. The monoisotopic (exact) mass is 262 g/mol. The normalized spacial score (nSPS) is 13.2. The zero-order valence-corrected chi connectivity index (χ0v) is 10.2. The van der Waals surface area contributed by atoms with Gasteiger partial charge in [-0.05, 0) is 18.2 Å². The summed E-state index contributed by atoms with van der Waals surface area (Å²) in [5.74, 6) is -0.927. The average Bonchev–Trinajstić information content (AvgIpc) is 2.58. The Morgan fingerprint density at radius 2 is 2.32 bits per heavy atom. The molecule has 0 saturated carbocycles. The van der Waals surface area contributed by atoms with E-state index in [1.807, 2.05) is 0 Å². The van der Waals surface area contributed by atoms with Crippen molar-refractivity contribution >= 4 is 5.97 Å². The number of carbonyl (C=O) groups is 1. The lowest BCUT2D eigenvalue weighted by atomic mass is 10.0. The van der Waals surface area contributed by atoms with E-state index in [0.717, 1.165) is 0 Å². The summed E-state index contributed by atoms with van der Waals surface area (Å²) in [5.41, 5.74) is 1.68. The van der Waals surface area contributed by atoms with Gasteiger partial charge in [0.15, 0.2) is 0 Å². The van der Waals surface area contributed by atoms with Gasteiger partial charge in [0.1, 0.15) is 23.0 Å². The molecular weight excluding hydrogens is 251 g/mol. The lowest BCUT2D eigenvalue weighted by Gasteiger charge is -2.06. The summed E-state index contributed by atoms with van der Waals surface area (Å²) in [7, 11) is 1.57. The zero-order valence-electron chi connectivity index (χ0n) is 10.2. The summed E-state index contributed by atoms with van der Waals surface area (Å²) in [6, 6.07) is 4.16. The molecule has 98 valence electrons. The number of hydrogen-bond acceptors (Lipinski definition) is 3. The molecule has 0 radical (unpaired) electrons. The van der Waals surface area contributed by atoms with Gasteiger partial charge in [-0.1, -0.05) is 0 Å². The zero-order chi connectivity index (χ0) is 13.6. The minimum Gasteiger partial charge on any atom is -0.493 e. The van der Waals surface area contributed by atoms with Crippen molar-refractivity contribution in [3.8, 4) is 17.0 Å². The van der Waals surface area contributed by atoms with Crippen LogP contribution < -0.4 is 4.74 Å². The minimum atomic E-state index is -1.05. The second-order valence-electron chi connectivity index (χ2n) is 4.34. The number of halogens is 1. The topological polar surface area (TPSA) is 64.4 Å². The van der Waals surface area contributed by atoms with Gasteiger partial charge in [-0.2, -0.15) is 5.10 Å². The van der Waals surface area contributed by atoms with Crippen LogP contribution in [0, 0.1) is 5.82 Å². The molecule has 0 unspecified atom stereocenters. The highest BCUT2D eigenvalue weighted by Crippen LogP contribution is 2.36. The summed E-state index contributed by atoms with van der Waals surface area (Å²) >= 11 is 0. The summed E-state index contributed by atoms with van der Waals surface area (Å²) in [6.45, 7) is 0.345. The molecule has 1 N–H and O–H groups in total. The molecule has 1 aliphatic heterocycles. The Kier molecular flexibility index (Phi) is 2.51. The number of ether oxygens (including phenoxy) is 1. The van der Waals surface area contributed by atoms with Crippen LogP contribution in [0.25, 0.3) is 11.3 Å². The highest BCUT2D eigenvalue weighted by Gasteiger charge is 2.26. The molecule has 0 bridgehead atoms. The molecule has 19 heavy (non-hydrogen) atoms. The summed E-state index contributed by atoms with van der Waals surface area (Å²) in [4.78, 5) is 11.3. The molecule has 5 nitrogen and oxygen atoms in total. The van der Waals surface area contributed by atoms with E-state index < -0.39 is 11.8 Å². The fourth-order valence-corrected chi connectivity index (χ4v) is 2.36. The fourth-order valence-electron chi connectivity index (χ4n) is 2.36. The van der Waals surface area contributed by atoms with Crippen LogP contribution in [0.3, 0.4) is 0 Å². The van der Waals surface area contributed by atoms with Gasteiger partial charge in [0.25, 0.3) is 0 Å². The molecular formula is C13H11FN2O3. The van der Waals surface area contributed by atoms with Gasteiger partial charge in [-0.15, -0.1) is 0 Å². The number of benzene rings is 1. The molecule has 0 amide bonds. The lowest BCUT2D eigenvalue weighted by Crippen LogP contribution is -2.10. The van der Waals surface area contributed by atoms with Crippen molar-refractivity contribution in [1.29, 1.82) is 0 Å². The van der Waals surface area contributed by atoms with Crippen LogP contribution in [0.4, 0.5) is 4.39 Å². The van der Waals surface area contributed by atoms with Crippen LogP contribution in [-0.4, -0.2) is 27.5 Å². The van der Waals surface area contributed by atoms with Crippen molar-refractivity contribution in [3.05, 3.63) is 35.3 Å². The van der Waals surface area contributed by atoms with Crippen molar-refractivity contribution in [1.82, 2.24) is 9.78 Å². The predicted octanol–water partition coefficient (Wildman–Crippen LogP) is 1.86. The van der Waals surface area contributed by atoms with E-state index in [-0.39, 0.29) is 5.69 Å². The van der Waals surface area contributed by atoms with Crippen LogP contribution in [0.1, 0.15) is 16.1 Å². The van der Waals surface area contributed by atoms with E-state index in [0.29, 0.717) is 35.6 Å². The van der Waals surface area contributed by atoms with E-state index in [1.165, 1.54) is 22.9 Å². The molecule has 0 saturated heterocycles. The Morgan fingerprint density at radius 1 is 1.53 bits per heavy atom. The highest BCUT2D eigenvalue weighted by molar-refractivity contribution is 5.90. The highest BCUT2D eigenvalue weighted by atomic mass is 19.1. The molecule has 1 aliphatic rings. The van der Waals surface area contributed by atoms with E-state index in [2.05, 4.69) is 5.10 Å². The molecule has 0 atom stereocenters. The summed E-state index contributed by atoms with van der Waals surface area (Å²) < 4.78 is 20.2. The van der Waals surface area contributed by atoms with Crippen LogP contribution >= 0.6 is 0 Å². The van der Waals surface area contributed by atoms with Gasteiger partial charge < -0.3 is 9.84 Å². The molecule has 2 heterocycles. The second kappa shape index (κ2) is 4.08. The molecule has 1 aromatic heterocycles. The first kappa shape index (κ1) is 11.7. The Morgan fingerprint density at radius 3 is 3.05 bits per heavy atom. The first-order valence-corrected chi connectivity index (χ1v) is 5.80. The molecule has 0 aliphatic carbocycles. The first-order chi connectivity index (χ1) is 9.08. The molecule has 0 spiro atoms. The average molecular weight is 262 g/mol. The van der Waals surface area contributed by atoms with Crippen molar-refractivity contribution in [2.45, 2.75) is 6.42 Å². The summed E-state index contributed by atoms with van der Waals surface area (Å²) in [6.07, 6.45) is 0.432. The number of nitrogens with zero attached hydrogens (tertiary/aromatic N) is 2. The number of aromatic carboxylic acids is 1. The maximum atomic E-state index is 13.4. The number of rotatable bonds is 1. The Labute approximate surface area is 108 Å². The van der Waals surface area contributed by atoms with E-state index in [1.54, 1.807) is 7.05 Å². The molecule has 0 fully saturated rings. The molecule has 3 rings (SSSR count). The number of hydrogen-bond donors (Lipinski definition) is 1. The molecule has 2 aromatic rings. The number of carboxylic acids is 1. The first-order valence-electron chi connectivity index (χ1n) is 5.80. The van der Waals surface area contributed by atoms with Gasteiger partial charge in [0.05, 0.1) is 6.61 Å². The van der Waals surface area contributed by atoms with E-state index in [4.69, 9.17) is 4.74 Å². The predicted molar refractivity (Wildman–Crippen MR) is 64.8 cm³/mol. The lowest BCUT2D eigenvalue weighted by molar-refractivity contribution is 0.0683. The molecule has 6 heteroatoms. The smallest absolute Gasteiger partial charge is 0.354 e. The third-order valence-electron chi connectivity index (χ3n) is 3.15. The molecule has 1 aromatic carbocycles. The van der Waals surface area contributed by atoms with Gasteiger partial charge in [-0.25, -0.2) is 9.18 Å². The second-order valence-corrected chi connectivity index (χ2v) is 4.34. The van der Waals surface area contributed by atoms with Gasteiger partial charge in [0.2, 0.25) is 0 Å². The SMILES string of the molecule is Cn1nc2c(c1C(=O)O)CCOc1ccc(F)cc1-2. The Hall–Kier alpha value is -2.37. The van der Waals surface area contributed by atoms with Crippen molar-refractivity contribution in [2.24, 2.45) is 7.05 Å². The third-order valence-corrected chi connectivity index (χ3v) is 3.15. The van der Waals surface area contributed by atoms with Gasteiger partial charge >= 0.3 is 5.97 Å². The minimum absolute atomic E-state index is 0.121. The quantitative estimate of drug-likeness (QED) is 0.852. The Balaban J connectivity index is 2.30. The van der Waals surface area contributed by atoms with E-state index in [9.17, 15) is 14.3 Å². The number of fused-ring (bicyclic) bond motifs is 3. The maximum Gasteiger partial charge on any atom is 0.354 e. The van der Waals surface area contributed by atoms with Crippen molar-refractivity contribution in [2.75, 3.05) is 6.61 Å². The fraction of sp³-hybridized carbons (Fsp3) is 0.231. The van der Waals surface area contributed by atoms with Crippen LogP contribution in [0.5, 0.6) is 5.75 Å².